The first-order valence-electron chi connectivity index (χ1n) is 8.82. The molecule has 2 heterocycles. The maximum Gasteiger partial charge on any atom is 0.238 e. The third-order valence-corrected chi connectivity index (χ3v) is 5.52. The molecule has 0 aliphatic carbocycles. The van der Waals surface area contributed by atoms with Crippen molar-refractivity contribution in [1.29, 1.82) is 0 Å². The van der Waals surface area contributed by atoms with E-state index in [1.807, 2.05) is 62.4 Å². The first kappa shape index (κ1) is 16.6. The summed E-state index contributed by atoms with van der Waals surface area (Å²) in [6.45, 7) is 3.87. The molecule has 4 rings (SSSR count). The van der Waals surface area contributed by atoms with Crippen molar-refractivity contribution in [2.75, 3.05) is 12.4 Å². The monoisotopic (exact) mass is 350 g/mol. The Bertz CT molecular complexity index is 894. The van der Waals surface area contributed by atoms with Gasteiger partial charge in [0.05, 0.1) is 0 Å². The Morgan fingerprint density at radius 1 is 1.23 bits per heavy atom. The summed E-state index contributed by atoms with van der Waals surface area (Å²) in [5.41, 5.74) is 1.96. The SMILES string of the molecule is Cc1cccc(NC(=O)C2C(=O)N(C)C3(C)CC2c2ccccc2O3)c1. The molecular weight excluding hydrogens is 328 g/mol. The Hall–Kier alpha value is -2.82. The zero-order valence-electron chi connectivity index (χ0n) is 15.2. The van der Waals surface area contributed by atoms with Crippen molar-refractivity contribution < 1.29 is 14.3 Å². The van der Waals surface area contributed by atoms with Crippen LogP contribution in [0.5, 0.6) is 5.75 Å². The molecule has 2 aromatic rings. The molecule has 2 amide bonds. The van der Waals surface area contributed by atoms with Crippen LogP contribution in [0.25, 0.3) is 0 Å². The highest BCUT2D eigenvalue weighted by Crippen LogP contribution is 2.49. The van der Waals surface area contributed by atoms with Gasteiger partial charge in [0.15, 0.2) is 5.72 Å². The molecule has 134 valence electrons. The Labute approximate surface area is 153 Å². The number of ether oxygens (including phenoxy) is 1. The standard InChI is InChI=1S/C21H22N2O3/c1-13-7-6-8-14(11-13)22-19(24)18-16-12-21(2,23(3)20(18)25)26-17-10-5-4-9-15(16)17/h4-11,16,18H,12H2,1-3H3,(H,22,24). The molecule has 2 aliphatic heterocycles. The van der Waals surface area contributed by atoms with Crippen molar-refractivity contribution in [3.63, 3.8) is 0 Å². The normalized spacial score (nSPS) is 26.7. The van der Waals surface area contributed by atoms with Crippen LogP contribution in [-0.4, -0.2) is 29.5 Å². The van der Waals surface area contributed by atoms with Gasteiger partial charge in [0.2, 0.25) is 11.8 Å². The van der Waals surface area contributed by atoms with Crippen molar-refractivity contribution in [2.45, 2.75) is 31.9 Å². The number of amides is 2. The van der Waals surface area contributed by atoms with E-state index in [9.17, 15) is 9.59 Å². The molecule has 5 nitrogen and oxygen atoms in total. The van der Waals surface area contributed by atoms with Crippen LogP contribution >= 0.6 is 0 Å². The van der Waals surface area contributed by atoms with Crippen molar-refractivity contribution in [3.05, 3.63) is 59.7 Å². The number of rotatable bonds is 2. The molecule has 1 saturated heterocycles. The first-order chi connectivity index (χ1) is 12.4. The zero-order valence-corrected chi connectivity index (χ0v) is 15.2. The van der Waals surface area contributed by atoms with Gasteiger partial charge in [-0.25, -0.2) is 0 Å². The number of nitrogens with zero attached hydrogens (tertiary/aromatic N) is 1. The molecular formula is C21H22N2O3. The maximum absolute atomic E-state index is 13.0. The summed E-state index contributed by atoms with van der Waals surface area (Å²) < 4.78 is 6.11. The van der Waals surface area contributed by atoms with E-state index in [1.165, 1.54) is 0 Å². The largest absolute Gasteiger partial charge is 0.468 e. The van der Waals surface area contributed by atoms with Crippen LogP contribution in [0, 0.1) is 12.8 Å². The Balaban J connectivity index is 1.71. The van der Waals surface area contributed by atoms with Gasteiger partial charge >= 0.3 is 0 Å². The van der Waals surface area contributed by atoms with Gasteiger partial charge in [-0.3, -0.25) is 9.59 Å². The molecule has 3 atom stereocenters. The van der Waals surface area contributed by atoms with E-state index in [2.05, 4.69) is 5.32 Å². The van der Waals surface area contributed by atoms with Gasteiger partial charge in [-0.2, -0.15) is 0 Å². The number of hydrogen-bond acceptors (Lipinski definition) is 3. The number of aryl methyl sites for hydroxylation is 1. The van der Waals surface area contributed by atoms with E-state index < -0.39 is 11.6 Å². The van der Waals surface area contributed by atoms with Gasteiger partial charge in [0, 0.05) is 25.1 Å². The number of benzene rings is 2. The molecule has 26 heavy (non-hydrogen) atoms. The smallest absolute Gasteiger partial charge is 0.238 e. The molecule has 0 aromatic heterocycles. The second-order valence-corrected chi connectivity index (χ2v) is 7.36. The highest BCUT2D eigenvalue weighted by molar-refractivity contribution is 6.08. The second kappa shape index (κ2) is 5.87. The van der Waals surface area contributed by atoms with Crippen molar-refractivity contribution in [1.82, 2.24) is 4.90 Å². The van der Waals surface area contributed by atoms with E-state index in [0.29, 0.717) is 12.1 Å². The summed E-state index contributed by atoms with van der Waals surface area (Å²) in [6, 6.07) is 15.3. The molecule has 5 heteroatoms. The minimum Gasteiger partial charge on any atom is -0.468 e. The zero-order chi connectivity index (χ0) is 18.5. The Kier molecular flexibility index (Phi) is 3.75. The van der Waals surface area contributed by atoms with Gasteiger partial charge in [-0.15, -0.1) is 0 Å². The molecule has 1 N–H and O–H groups in total. The lowest BCUT2D eigenvalue weighted by molar-refractivity contribution is -0.170. The van der Waals surface area contributed by atoms with Crippen LogP contribution in [0.15, 0.2) is 48.5 Å². The first-order valence-corrected chi connectivity index (χ1v) is 8.82. The summed E-state index contributed by atoms with van der Waals surface area (Å²) in [6.07, 6.45) is 0.595. The second-order valence-electron chi connectivity index (χ2n) is 7.36. The number of nitrogens with one attached hydrogen (secondary N) is 1. The molecule has 0 spiro atoms. The van der Waals surface area contributed by atoms with Crippen molar-refractivity contribution >= 4 is 17.5 Å². The summed E-state index contributed by atoms with van der Waals surface area (Å²) in [5.74, 6) is -0.685. The van der Waals surface area contributed by atoms with Crippen LogP contribution in [0.2, 0.25) is 0 Å². The number of carbonyl (C=O) groups is 2. The van der Waals surface area contributed by atoms with Gasteiger partial charge < -0.3 is 15.0 Å². The average Bonchev–Trinajstić information content (AvgIpc) is 2.60. The molecule has 3 unspecified atom stereocenters. The molecule has 2 aliphatic rings. The fourth-order valence-corrected chi connectivity index (χ4v) is 4.03. The minimum atomic E-state index is -0.765. The quantitative estimate of drug-likeness (QED) is 0.846. The highest BCUT2D eigenvalue weighted by atomic mass is 16.5. The van der Waals surface area contributed by atoms with Crippen LogP contribution in [0.3, 0.4) is 0 Å². The summed E-state index contributed by atoms with van der Waals surface area (Å²) >= 11 is 0. The summed E-state index contributed by atoms with van der Waals surface area (Å²) in [5, 5.41) is 2.92. The van der Waals surface area contributed by atoms with Gasteiger partial charge in [-0.05, 0) is 43.2 Å². The fourth-order valence-electron chi connectivity index (χ4n) is 4.03. The number of piperidine rings is 1. The third-order valence-electron chi connectivity index (χ3n) is 5.52. The molecule has 0 radical (unpaired) electrons. The average molecular weight is 350 g/mol. The maximum atomic E-state index is 13.0. The lowest BCUT2D eigenvalue weighted by Crippen LogP contribution is -2.62. The van der Waals surface area contributed by atoms with Gasteiger partial charge in [-0.1, -0.05) is 30.3 Å². The molecule has 2 aromatic carbocycles. The number of hydrogen-bond donors (Lipinski definition) is 1. The van der Waals surface area contributed by atoms with Crippen LogP contribution in [0.1, 0.15) is 30.4 Å². The molecule has 0 saturated carbocycles. The number of anilines is 1. The van der Waals surface area contributed by atoms with Crippen molar-refractivity contribution in [2.24, 2.45) is 5.92 Å². The number of likely N-dealkylation sites (tertiary alicyclic amines) is 1. The lowest BCUT2D eigenvalue weighted by Gasteiger charge is -2.51. The third kappa shape index (κ3) is 2.55. The molecule has 1 fully saturated rings. The topological polar surface area (TPSA) is 58.6 Å². The number of fused-ring (bicyclic) bond motifs is 4. The summed E-state index contributed by atoms with van der Waals surface area (Å²) in [4.78, 5) is 27.7. The molecule has 2 bridgehead atoms. The van der Waals surface area contributed by atoms with Crippen LogP contribution in [0.4, 0.5) is 5.69 Å². The van der Waals surface area contributed by atoms with Gasteiger partial charge in [0.25, 0.3) is 0 Å². The Morgan fingerprint density at radius 3 is 2.77 bits per heavy atom. The minimum absolute atomic E-state index is 0.196. The van der Waals surface area contributed by atoms with E-state index in [1.54, 1.807) is 11.9 Å². The Morgan fingerprint density at radius 2 is 2.00 bits per heavy atom. The number of carbonyl (C=O) groups excluding carboxylic acids is 2. The summed E-state index contributed by atoms with van der Waals surface area (Å²) in [7, 11) is 1.71. The fraction of sp³-hybridized carbons (Fsp3) is 0.333. The van der Waals surface area contributed by atoms with Crippen molar-refractivity contribution in [3.8, 4) is 5.75 Å². The van der Waals surface area contributed by atoms with E-state index in [0.717, 1.165) is 16.9 Å². The van der Waals surface area contributed by atoms with Gasteiger partial charge in [0.1, 0.15) is 11.7 Å². The number of para-hydroxylation sites is 1. The highest BCUT2D eigenvalue weighted by Gasteiger charge is 2.54. The predicted octanol–water partition coefficient (Wildman–Crippen LogP) is 3.30. The predicted molar refractivity (Wildman–Crippen MR) is 98.9 cm³/mol. The van der Waals surface area contributed by atoms with E-state index >= 15 is 0 Å². The van der Waals surface area contributed by atoms with Crippen LogP contribution < -0.4 is 10.1 Å². The van der Waals surface area contributed by atoms with E-state index in [4.69, 9.17) is 4.74 Å². The van der Waals surface area contributed by atoms with E-state index in [-0.39, 0.29) is 17.7 Å². The van der Waals surface area contributed by atoms with Crippen LogP contribution in [-0.2, 0) is 9.59 Å². The lowest BCUT2D eigenvalue weighted by atomic mass is 9.73.